The molecule has 3 unspecified atom stereocenters. The molecule has 0 aromatic heterocycles. The van der Waals surface area contributed by atoms with Gasteiger partial charge in [0.15, 0.2) is 0 Å². The zero-order valence-corrected chi connectivity index (χ0v) is 52.3. The van der Waals surface area contributed by atoms with Crippen LogP contribution >= 0.6 is 7.82 Å². The van der Waals surface area contributed by atoms with Gasteiger partial charge in [-0.2, -0.15) is 0 Å². The first-order valence-corrected chi connectivity index (χ1v) is 34.1. The van der Waals surface area contributed by atoms with E-state index in [2.05, 4.69) is 74.7 Å². The zero-order chi connectivity index (χ0) is 56.4. The Morgan fingerprint density at radius 1 is 0.455 bits per heavy atom. The van der Waals surface area contributed by atoms with Crippen molar-refractivity contribution in [2.75, 3.05) is 40.9 Å². The summed E-state index contributed by atoms with van der Waals surface area (Å²) in [5.74, 6) is -0.537. The molecule has 9 nitrogen and oxygen atoms in total. The molecule has 0 spiro atoms. The summed E-state index contributed by atoms with van der Waals surface area (Å²) in [4.78, 5) is 40.0. The van der Waals surface area contributed by atoms with Gasteiger partial charge in [-0.3, -0.25) is 14.2 Å². The fourth-order valence-electron chi connectivity index (χ4n) is 9.39. The molecule has 0 saturated carbocycles. The number of quaternary nitrogens is 1. The number of ether oxygens (including phenoxy) is 1. The molecule has 10 heteroatoms. The van der Waals surface area contributed by atoms with Crippen LogP contribution in [0.15, 0.2) is 60.8 Å². The SMILES string of the molecule is CCCCC/C=C\C/C=C\C/C=C\C/C=C\CCCCCCCCCCCCCC(=O)OC(/C=C\CCCCCCCCCCCCC)C(COP(=O)([O-])OCC[N+](C)(C)C)NC(=O)CCCCCCCCCCCCC. The molecule has 0 aromatic rings. The van der Waals surface area contributed by atoms with E-state index >= 15 is 0 Å². The summed E-state index contributed by atoms with van der Waals surface area (Å²) in [6, 6.07) is -0.887. The summed E-state index contributed by atoms with van der Waals surface area (Å²) in [6.07, 6.45) is 71.9. The highest BCUT2D eigenvalue weighted by Gasteiger charge is 2.27. The van der Waals surface area contributed by atoms with Crippen LogP contribution in [-0.2, 0) is 27.9 Å². The lowest BCUT2D eigenvalue weighted by Gasteiger charge is -2.30. The van der Waals surface area contributed by atoms with Crippen LogP contribution < -0.4 is 10.2 Å². The van der Waals surface area contributed by atoms with Gasteiger partial charge in [0.1, 0.15) is 19.3 Å². The van der Waals surface area contributed by atoms with E-state index in [1.807, 2.05) is 33.3 Å². The molecule has 1 amide bonds. The van der Waals surface area contributed by atoms with Crippen molar-refractivity contribution in [3.05, 3.63) is 60.8 Å². The maximum Gasteiger partial charge on any atom is 0.306 e. The summed E-state index contributed by atoms with van der Waals surface area (Å²) in [5.41, 5.74) is 0. The molecule has 0 bridgehead atoms. The number of amides is 1. The second kappa shape index (κ2) is 57.0. The topological polar surface area (TPSA) is 114 Å². The summed E-state index contributed by atoms with van der Waals surface area (Å²) in [6.45, 7) is 6.83. The highest BCUT2D eigenvalue weighted by atomic mass is 31.2. The number of unbranched alkanes of at least 4 members (excludes halogenated alkanes) is 35. The maximum absolute atomic E-state index is 13.5. The average Bonchev–Trinajstić information content (AvgIpc) is 3.39. The second-order valence-electron chi connectivity index (χ2n) is 23.3. The lowest BCUT2D eigenvalue weighted by Crippen LogP contribution is -2.47. The first-order valence-electron chi connectivity index (χ1n) is 32.6. The Hall–Kier alpha value is -2.29. The highest BCUT2D eigenvalue weighted by Crippen LogP contribution is 2.38. The van der Waals surface area contributed by atoms with E-state index < -0.39 is 20.0 Å². The van der Waals surface area contributed by atoms with Crippen molar-refractivity contribution in [1.29, 1.82) is 0 Å². The minimum absolute atomic E-state index is 0.0221. The molecular weight excluding hydrogens is 976 g/mol. The van der Waals surface area contributed by atoms with E-state index in [1.165, 1.54) is 193 Å². The normalized spacial score (nSPS) is 14.0. The minimum atomic E-state index is -4.70. The van der Waals surface area contributed by atoms with Gasteiger partial charge in [0.25, 0.3) is 7.82 Å². The van der Waals surface area contributed by atoms with Crippen molar-refractivity contribution in [3.63, 3.8) is 0 Å². The number of carbonyl (C=O) groups excluding carboxylic acids is 2. The molecule has 0 aliphatic heterocycles. The maximum atomic E-state index is 13.5. The second-order valence-corrected chi connectivity index (χ2v) is 24.7. The van der Waals surface area contributed by atoms with Crippen LogP contribution in [0.2, 0.25) is 0 Å². The minimum Gasteiger partial charge on any atom is -0.756 e. The van der Waals surface area contributed by atoms with E-state index in [0.717, 1.165) is 77.0 Å². The standard InChI is InChI=1S/C67H125N2O7P/c1-7-10-13-16-19-22-25-27-28-29-30-31-32-33-34-35-36-37-38-39-40-42-45-48-51-54-57-60-67(71)76-65(58-55-52-49-46-44-41-26-23-20-17-14-11-8-2)64(63-75-77(72,73)74-62-61-69(4,5)6)68-66(70)59-56-53-50-47-43-24-21-18-15-12-9-3/h19,22,27-28,30-31,33-34,55,58,64-65H,7-18,20-21,23-26,29,32,35-54,56-57,59-63H2,1-6H3,(H-,68,70,72,73)/b22-19-,28-27-,31-30-,34-33-,58-55-. The van der Waals surface area contributed by atoms with Crippen LogP contribution in [0.25, 0.3) is 0 Å². The number of phosphoric acid groups is 1. The van der Waals surface area contributed by atoms with Crippen LogP contribution in [0.3, 0.4) is 0 Å². The number of rotatable bonds is 59. The van der Waals surface area contributed by atoms with Gasteiger partial charge < -0.3 is 28.5 Å². The smallest absolute Gasteiger partial charge is 0.306 e. The molecule has 0 fully saturated rings. The molecule has 1 N–H and O–H groups in total. The lowest BCUT2D eigenvalue weighted by atomic mass is 10.0. The van der Waals surface area contributed by atoms with Gasteiger partial charge >= 0.3 is 5.97 Å². The van der Waals surface area contributed by atoms with E-state index in [9.17, 15) is 19.0 Å². The van der Waals surface area contributed by atoms with Gasteiger partial charge in [-0.1, -0.05) is 275 Å². The van der Waals surface area contributed by atoms with Crippen molar-refractivity contribution >= 4 is 19.7 Å². The van der Waals surface area contributed by atoms with Crippen LogP contribution in [0.4, 0.5) is 0 Å². The summed E-state index contributed by atoms with van der Waals surface area (Å²) < 4.78 is 30.3. The predicted molar refractivity (Wildman–Crippen MR) is 330 cm³/mol. The third-order valence-electron chi connectivity index (χ3n) is 14.5. The number of esters is 1. The van der Waals surface area contributed by atoms with Gasteiger partial charge in [0.05, 0.1) is 33.8 Å². The number of nitrogens with one attached hydrogen (secondary N) is 1. The van der Waals surface area contributed by atoms with Crippen molar-refractivity contribution in [1.82, 2.24) is 5.32 Å². The Kier molecular flexibility index (Phi) is 55.3. The quantitative estimate of drug-likeness (QED) is 0.0212. The van der Waals surface area contributed by atoms with E-state index in [4.69, 9.17) is 13.8 Å². The first kappa shape index (κ1) is 74.7. The summed E-state index contributed by atoms with van der Waals surface area (Å²) in [7, 11) is 1.19. The fraction of sp³-hybridized carbons (Fsp3) is 0.821. The molecular formula is C67H125N2O7P. The number of phosphoric ester groups is 1. The number of likely N-dealkylation sites (N-methyl/N-ethyl adjacent to an activating group) is 1. The van der Waals surface area contributed by atoms with Crippen molar-refractivity contribution in [3.8, 4) is 0 Å². The van der Waals surface area contributed by atoms with Crippen molar-refractivity contribution < 1.29 is 37.3 Å². The number of allylic oxidation sites excluding steroid dienone is 9. The highest BCUT2D eigenvalue weighted by molar-refractivity contribution is 7.45. The van der Waals surface area contributed by atoms with E-state index in [1.54, 1.807) is 0 Å². The molecule has 0 aromatic carbocycles. The molecule has 0 aliphatic carbocycles. The van der Waals surface area contributed by atoms with Gasteiger partial charge in [-0.25, -0.2) is 0 Å². The fourth-order valence-corrected chi connectivity index (χ4v) is 10.1. The van der Waals surface area contributed by atoms with Gasteiger partial charge in [0.2, 0.25) is 5.91 Å². The van der Waals surface area contributed by atoms with Gasteiger partial charge in [0, 0.05) is 12.8 Å². The Balaban J connectivity index is 5.04. The third kappa shape index (κ3) is 58.2. The Morgan fingerprint density at radius 3 is 1.21 bits per heavy atom. The number of hydrogen-bond donors (Lipinski definition) is 1. The number of hydrogen-bond acceptors (Lipinski definition) is 7. The summed E-state index contributed by atoms with van der Waals surface area (Å²) in [5, 5.41) is 3.03. The molecule has 0 aliphatic rings. The van der Waals surface area contributed by atoms with Crippen molar-refractivity contribution in [2.45, 2.75) is 315 Å². The predicted octanol–water partition coefficient (Wildman–Crippen LogP) is 19.6. The van der Waals surface area contributed by atoms with Crippen LogP contribution in [-0.4, -0.2) is 69.4 Å². The largest absolute Gasteiger partial charge is 0.756 e. The Morgan fingerprint density at radius 2 is 0.792 bits per heavy atom. The molecule has 0 heterocycles. The molecule has 0 radical (unpaired) electrons. The summed E-state index contributed by atoms with van der Waals surface area (Å²) >= 11 is 0. The van der Waals surface area contributed by atoms with Crippen LogP contribution in [0.5, 0.6) is 0 Å². The Labute approximate surface area is 477 Å². The lowest BCUT2D eigenvalue weighted by molar-refractivity contribution is -0.870. The molecule has 450 valence electrons. The molecule has 77 heavy (non-hydrogen) atoms. The van der Waals surface area contributed by atoms with E-state index in [0.29, 0.717) is 17.4 Å². The Bertz CT molecular complexity index is 1500. The zero-order valence-electron chi connectivity index (χ0n) is 51.4. The van der Waals surface area contributed by atoms with Gasteiger partial charge in [-0.15, -0.1) is 0 Å². The average molecular weight is 1100 g/mol. The monoisotopic (exact) mass is 1100 g/mol. The van der Waals surface area contributed by atoms with E-state index in [-0.39, 0.29) is 31.5 Å². The van der Waals surface area contributed by atoms with Gasteiger partial charge in [-0.05, 0) is 76.7 Å². The molecule has 3 atom stereocenters. The number of carbonyl (C=O) groups is 2. The third-order valence-corrected chi connectivity index (χ3v) is 15.4. The first-order chi connectivity index (χ1) is 37.4. The van der Waals surface area contributed by atoms with Crippen molar-refractivity contribution in [2.24, 2.45) is 0 Å². The van der Waals surface area contributed by atoms with Crippen LogP contribution in [0, 0.1) is 0 Å². The van der Waals surface area contributed by atoms with Crippen LogP contribution in [0.1, 0.15) is 303 Å². The molecule has 0 rings (SSSR count). The number of nitrogens with zero attached hydrogens (tertiary/aromatic N) is 1. The molecule has 0 saturated heterocycles.